The summed E-state index contributed by atoms with van der Waals surface area (Å²) >= 11 is 0. The van der Waals surface area contributed by atoms with E-state index in [9.17, 15) is 0 Å². The normalized spacial score (nSPS) is 30.9. The van der Waals surface area contributed by atoms with Crippen LogP contribution < -0.4 is 0 Å². The van der Waals surface area contributed by atoms with Gasteiger partial charge in [-0.25, -0.2) is 0 Å². The van der Waals surface area contributed by atoms with Gasteiger partial charge in [-0.2, -0.15) is 0 Å². The monoisotopic (exact) mass is 367 g/mol. The maximum absolute atomic E-state index is 4.85. The number of hydrogen-bond donors (Lipinski definition) is 0. The van der Waals surface area contributed by atoms with Gasteiger partial charge in [0.25, 0.3) is 0 Å². The van der Waals surface area contributed by atoms with Gasteiger partial charge in [-0.05, 0) is 105 Å². The number of rotatable bonds is 2. The van der Waals surface area contributed by atoms with Crippen molar-refractivity contribution in [2.45, 2.75) is 57.8 Å². The lowest BCUT2D eigenvalue weighted by molar-refractivity contribution is -0.00449. The van der Waals surface area contributed by atoms with Crippen molar-refractivity contribution in [2.75, 3.05) is 0 Å². The average molecular weight is 368 g/mol. The molecule has 0 amide bonds. The van der Waals surface area contributed by atoms with Crippen LogP contribution in [0.3, 0.4) is 0 Å². The Bertz CT molecular complexity index is 1020. The van der Waals surface area contributed by atoms with Crippen molar-refractivity contribution in [3.8, 4) is 11.3 Å². The fourth-order valence-electron chi connectivity index (χ4n) is 7.45. The number of fused-ring (bicyclic) bond motifs is 1. The van der Waals surface area contributed by atoms with Crippen molar-refractivity contribution >= 4 is 10.8 Å². The summed E-state index contributed by atoms with van der Waals surface area (Å²) < 4.78 is 0. The van der Waals surface area contributed by atoms with Crippen LogP contribution in [0.25, 0.3) is 22.0 Å². The molecule has 0 spiro atoms. The van der Waals surface area contributed by atoms with Crippen LogP contribution in [0.4, 0.5) is 0 Å². The molecule has 0 radical (unpaired) electrons. The third-order valence-electron chi connectivity index (χ3n) is 7.91. The van der Waals surface area contributed by atoms with Crippen molar-refractivity contribution in [3.63, 3.8) is 0 Å². The van der Waals surface area contributed by atoms with Gasteiger partial charge in [0.1, 0.15) is 0 Å². The number of pyridine rings is 1. The van der Waals surface area contributed by atoms with E-state index in [-0.39, 0.29) is 0 Å². The molecule has 7 rings (SSSR count). The lowest BCUT2D eigenvalue weighted by atomic mass is 9.48. The van der Waals surface area contributed by atoms with Crippen LogP contribution in [0.1, 0.15) is 55.2 Å². The number of benzene rings is 2. The molecule has 0 aliphatic heterocycles. The summed E-state index contributed by atoms with van der Waals surface area (Å²) in [4.78, 5) is 4.85. The summed E-state index contributed by atoms with van der Waals surface area (Å²) in [6.07, 6.45) is 10.8. The Labute approximate surface area is 168 Å². The zero-order valence-corrected chi connectivity index (χ0v) is 17.0. The first kappa shape index (κ1) is 16.8. The zero-order chi connectivity index (χ0) is 18.9. The molecule has 4 saturated carbocycles. The largest absolute Gasteiger partial charge is 0.256 e. The number of aromatic nitrogens is 1. The highest BCUT2D eigenvalue weighted by molar-refractivity contribution is 5.97. The second-order valence-electron chi connectivity index (χ2n) is 10.1. The second-order valence-corrected chi connectivity index (χ2v) is 10.1. The summed E-state index contributed by atoms with van der Waals surface area (Å²) in [5.74, 6) is 2.92. The van der Waals surface area contributed by atoms with Gasteiger partial charge in [0.15, 0.2) is 0 Å². The Morgan fingerprint density at radius 1 is 0.786 bits per heavy atom. The third kappa shape index (κ3) is 2.48. The minimum Gasteiger partial charge on any atom is -0.256 e. The summed E-state index contributed by atoms with van der Waals surface area (Å²) in [6, 6.07) is 16.1. The van der Waals surface area contributed by atoms with Crippen molar-refractivity contribution < 1.29 is 0 Å². The standard InChI is InChI=1S/C27H29N/c1-17-8-18(2)10-22(9-17)26-24-4-3-5-25(23(24)6-7-28-26)27-14-19-11-20(15-27)13-21(12-19)16-27/h3-10,19-21H,11-16H2,1-2H3. The van der Waals surface area contributed by atoms with E-state index >= 15 is 0 Å². The molecule has 28 heavy (non-hydrogen) atoms. The zero-order valence-electron chi connectivity index (χ0n) is 17.0. The van der Waals surface area contributed by atoms with Crippen molar-refractivity contribution in [3.05, 3.63) is 65.4 Å². The van der Waals surface area contributed by atoms with E-state index in [1.54, 1.807) is 5.56 Å². The van der Waals surface area contributed by atoms with Crippen LogP contribution in [-0.2, 0) is 5.41 Å². The van der Waals surface area contributed by atoms with Crippen molar-refractivity contribution in [2.24, 2.45) is 17.8 Å². The summed E-state index contributed by atoms with van der Waals surface area (Å²) in [6.45, 7) is 4.37. The first-order chi connectivity index (χ1) is 13.6. The predicted molar refractivity (Wildman–Crippen MR) is 117 cm³/mol. The Hall–Kier alpha value is -2.15. The van der Waals surface area contributed by atoms with Crippen LogP contribution in [0.5, 0.6) is 0 Å². The summed E-state index contributed by atoms with van der Waals surface area (Å²) in [5.41, 5.74) is 7.07. The molecule has 2 aromatic carbocycles. The van der Waals surface area contributed by atoms with E-state index in [1.165, 1.54) is 66.0 Å². The smallest absolute Gasteiger partial charge is 0.0780 e. The van der Waals surface area contributed by atoms with Gasteiger partial charge in [-0.1, -0.05) is 35.4 Å². The second kappa shape index (κ2) is 5.92. The van der Waals surface area contributed by atoms with Crippen LogP contribution in [-0.4, -0.2) is 4.98 Å². The molecule has 1 heterocycles. The average Bonchev–Trinajstić information content (AvgIpc) is 2.65. The minimum atomic E-state index is 0.426. The molecule has 0 atom stereocenters. The quantitative estimate of drug-likeness (QED) is 0.476. The fourth-order valence-corrected chi connectivity index (χ4v) is 7.45. The van der Waals surface area contributed by atoms with E-state index in [1.807, 2.05) is 6.20 Å². The summed E-state index contributed by atoms with van der Waals surface area (Å²) in [5, 5.41) is 2.79. The van der Waals surface area contributed by atoms with Crippen LogP contribution in [0.15, 0.2) is 48.7 Å². The molecule has 4 aliphatic carbocycles. The van der Waals surface area contributed by atoms with E-state index in [2.05, 4.69) is 56.3 Å². The first-order valence-corrected chi connectivity index (χ1v) is 11.1. The number of aryl methyl sites for hydroxylation is 2. The molecule has 1 nitrogen and oxygen atoms in total. The predicted octanol–water partition coefficient (Wildman–Crippen LogP) is 6.99. The molecule has 3 aromatic rings. The van der Waals surface area contributed by atoms with E-state index in [4.69, 9.17) is 4.98 Å². The Morgan fingerprint density at radius 2 is 1.43 bits per heavy atom. The lowest BCUT2D eigenvalue weighted by Crippen LogP contribution is -2.48. The SMILES string of the molecule is Cc1cc(C)cc(-c2nccc3c(C45CC6CC(CC(C6)C4)C5)cccc23)c1. The molecule has 1 heteroatoms. The lowest BCUT2D eigenvalue weighted by Gasteiger charge is -2.57. The van der Waals surface area contributed by atoms with Gasteiger partial charge in [0.2, 0.25) is 0 Å². The highest BCUT2D eigenvalue weighted by Gasteiger charge is 2.51. The minimum absolute atomic E-state index is 0.426. The maximum atomic E-state index is 4.85. The molecule has 0 saturated heterocycles. The molecular weight excluding hydrogens is 338 g/mol. The molecule has 1 aromatic heterocycles. The Kier molecular flexibility index (Phi) is 3.55. The highest BCUT2D eigenvalue weighted by atomic mass is 14.7. The number of hydrogen-bond acceptors (Lipinski definition) is 1. The van der Waals surface area contributed by atoms with Gasteiger partial charge < -0.3 is 0 Å². The van der Waals surface area contributed by atoms with Crippen LogP contribution in [0, 0.1) is 31.6 Å². The molecular formula is C27H29N. The van der Waals surface area contributed by atoms with Crippen LogP contribution >= 0.6 is 0 Å². The maximum Gasteiger partial charge on any atom is 0.0780 e. The van der Waals surface area contributed by atoms with Crippen molar-refractivity contribution in [1.29, 1.82) is 0 Å². The van der Waals surface area contributed by atoms with Gasteiger partial charge in [0.05, 0.1) is 5.69 Å². The molecule has 0 unspecified atom stereocenters. The van der Waals surface area contributed by atoms with E-state index in [0.29, 0.717) is 5.41 Å². The number of nitrogens with zero attached hydrogens (tertiary/aromatic N) is 1. The highest BCUT2D eigenvalue weighted by Crippen LogP contribution is 2.61. The van der Waals surface area contributed by atoms with Crippen molar-refractivity contribution in [1.82, 2.24) is 4.98 Å². The van der Waals surface area contributed by atoms with Gasteiger partial charge in [-0.3, -0.25) is 4.98 Å². The fraction of sp³-hybridized carbons (Fsp3) is 0.444. The third-order valence-corrected chi connectivity index (χ3v) is 7.91. The summed E-state index contributed by atoms with van der Waals surface area (Å²) in [7, 11) is 0. The van der Waals surface area contributed by atoms with E-state index in [0.717, 1.165) is 23.4 Å². The first-order valence-electron chi connectivity index (χ1n) is 11.1. The molecule has 4 fully saturated rings. The van der Waals surface area contributed by atoms with Gasteiger partial charge in [0, 0.05) is 17.1 Å². The molecule has 4 aliphatic rings. The van der Waals surface area contributed by atoms with Crippen LogP contribution in [0.2, 0.25) is 0 Å². The van der Waals surface area contributed by atoms with Gasteiger partial charge in [-0.15, -0.1) is 0 Å². The Balaban J connectivity index is 1.54. The topological polar surface area (TPSA) is 12.9 Å². The molecule has 142 valence electrons. The van der Waals surface area contributed by atoms with Gasteiger partial charge >= 0.3 is 0 Å². The molecule has 0 N–H and O–H groups in total. The molecule has 4 bridgehead atoms. The Morgan fingerprint density at radius 3 is 2.07 bits per heavy atom. The van der Waals surface area contributed by atoms with E-state index < -0.39 is 0 Å².